The molecule has 1 N–H and O–H groups in total. The highest BCUT2D eigenvalue weighted by Crippen LogP contribution is 2.32. The Morgan fingerprint density at radius 3 is 2.72 bits per heavy atom. The van der Waals surface area contributed by atoms with Crippen LogP contribution in [-0.2, 0) is 5.41 Å². The van der Waals surface area contributed by atoms with E-state index in [-0.39, 0.29) is 5.41 Å². The molecule has 1 saturated heterocycles. The van der Waals surface area contributed by atoms with Crippen molar-refractivity contribution in [3.63, 3.8) is 0 Å². The Balaban J connectivity index is 2.11. The van der Waals surface area contributed by atoms with Gasteiger partial charge in [-0.1, -0.05) is 38.5 Å². The van der Waals surface area contributed by atoms with Crippen LogP contribution in [0.15, 0.2) is 18.2 Å². The molecule has 18 heavy (non-hydrogen) atoms. The highest BCUT2D eigenvalue weighted by atomic mass is 16.5. The molecule has 0 spiro atoms. The fourth-order valence-electron chi connectivity index (χ4n) is 2.45. The number of nitrogens with one attached hydrogen (secondary N) is 1. The third kappa shape index (κ3) is 3.26. The van der Waals surface area contributed by atoms with E-state index in [0.717, 1.165) is 18.9 Å². The van der Waals surface area contributed by atoms with Crippen LogP contribution in [0, 0.1) is 6.92 Å². The highest BCUT2D eigenvalue weighted by Gasteiger charge is 2.20. The van der Waals surface area contributed by atoms with Crippen LogP contribution >= 0.6 is 0 Å². The highest BCUT2D eigenvalue weighted by molar-refractivity contribution is 5.41. The Morgan fingerprint density at radius 2 is 2.11 bits per heavy atom. The first-order valence-corrected chi connectivity index (χ1v) is 6.94. The summed E-state index contributed by atoms with van der Waals surface area (Å²) in [5, 5.41) is 3.47. The van der Waals surface area contributed by atoms with Crippen molar-refractivity contribution in [3.8, 4) is 5.75 Å². The molecule has 0 bridgehead atoms. The van der Waals surface area contributed by atoms with E-state index in [0.29, 0.717) is 6.04 Å². The van der Waals surface area contributed by atoms with Crippen molar-refractivity contribution >= 4 is 0 Å². The van der Waals surface area contributed by atoms with Crippen LogP contribution in [0.3, 0.4) is 0 Å². The molecule has 1 aromatic carbocycles. The lowest BCUT2D eigenvalue weighted by molar-refractivity contribution is 0.271. The third-order valence-corrected chi connectivity index (χ3v) is 3.55. The van der Waals surface area contributed by atoms with Crippen molar-refractivity contribution in [3.05, 3.63) is 29.3 Å². The Hall–Kier alpha value is -1.02. The quantitative estimate of drug-likeness (QED) is 0.883. The first-order chi connectivity index (χ1) is 8.47. The summed E-state index contributed by atoms with van der Waals surface area (Å²) in [6, 6.07) is 7.02. The van der Waals surface area contributed by atoms with E-state index in [1.807, 2.05) is 0 Å². The van der Waals surface area contributed by atoms with Crippen molar-refractivity contribution < 1.29 is 4.74 Å². The summed E-state index contributed by atoms with van der Waals surface area (Å²) in [6.45, 7) is 10.8. The molecule has 2 rings (SSSR count). The zero-order chi connectivity index (χ0) is 13.2. The zero-order valence-electron chi connectivity index (χ0n) is 12.0. The molecule has 1 heterocycles. The second kappa shape index (κ2) is 5.31. The molecule has 2 heteroatoms. The number of rotatable bonds is 3. The topological polar surface area (TPSA) is 21.3 Å². The van der Waals surface area contributed by atoms with Gasteiger partial charge in [0.05, 0.1) is 0 Å². The predicted molar refractivity (Wildman–Crippen MR) is 76.4 cm³/mol. The van der Waals surface area contributed by atoms with Crippen LogP contribution < -0.4 is 10.1 Å². The number of hydrogen-bond acceptors (Lipinski definition) is 2. The van der Waals surface area contributed by atoms with Gasteiger partial charge in [-0.15, -0.1) is 0 Å². The van der Waals surface area contributed by atoms with Crippen LogP contribution in [0.25, 0.3) is 0 Å². The molecular formula is C16H25NO. The van der Waals surface area contributed by atoms with Gasteiger partial charge in [0.1, 0.15) is 12.4 Å². The molecule has 0 aliphatic carbocycles. The lowest BCUT2D eigenvalue weighted by Gasteiger charge is -2.24. The summed E-state index contributed by atoms with van der Waals surface area (Å²) in [4.78, 5) is 0. The Labute approximate surface area is 111 Å². The average molecular weight is 247 g/mol. The van der Waals surface area contributed by atoms with E-state index in [1.165, 1.54) is 24.0 Å². The first kappa shape index (κ1) is 13.4. The van der Waals surface area contributed by atoms with Crippen LogP contribution in [-0.4, -0.2) is 19.2 Å². The number of aryl methyl sites for hydroxylation is 1. The minimum atomic E-state index is 0.129. The van der Waals surface area contributed by atoms with Crippen molar-refractivity contribution in [2.45, 2.75) is 52.0 Å². The maximum atomic E-state index is 6.04. The van der Waals surface area contributed by atoms with Gasteiger partial charge in [0.25, 0.3) is 0 Å². The summed E-state index contributed by atoms with van der Waals surface area (Å²) < 4.78 is 6.04. The normalized spacial score (nSPS) is 20.1. The van der Waals surface area contributed by atoms with Gasteiger partial charge in [-0.05, 0) is 43.4 Å². The largest absolute Gasteiger partial charge is 0.492 e. The summed E-state index contributed by atoms with van der Waals surface area (Å²) >= 11 is 0. The van der Waals surface area contributed by atoms with Crippen LogP contribution in [0.5, 0.6) is 5.75 Å². The van der Waals surface area contributed by atoms with E-state index in [4.69, 9.17) is 4.74 Å². The van der Waals surface area contributed by atoms with Gasteiger partial charge in [0, 0.05) is 6.04 Å². The number of ether oxygens (including phenoxy) is 1. The van der Waals surface area contributed by atoms with Crippen molar-refractivity contribution in [2.24, 2.45) is 0 Å². The molecule has 1 aromatic rings. The second-order valence-electron chi connectivity index (χ2n) is 6.35. The molecule has 2 nitrogen and oxygen atoms in total. The average Bonchev–Trinajstić information content (AvgIpc) is 2.79. The minimum absolute atomic E-state index is 0.129. The minimum Gasteiger partial charge on any atom is -0.492 e. The number of benzene rings is 1. The van der Waals surface area contributed by atoms with Crippen LogP contribution in [0.4, 0.5) is 0 Å². The maximum Gasteiger partial charge on any atom is 0.123 e. The molecule has 100 valence electrons. The molecule has 0 aromatic heterocycles. The molecule has 0 saturated carbocycles. The molecule has 1 aliphatic rings. The van der Waals surface area contributed by atoms with Crippen molar-refractivity contribution in [1.29, 1.82) is 0 Å². The lowest BCUT2D eigenvalue weighted by atomic mass is 9.85. The van der Waals surface area contributed by atoms with E-state index in [9.17, 15) is 0 Å². The molecular weight excluding hydrogens is 222 g/mol. The summed E-state index contributed by atoms with van der Waals surface area (Å²) in [6.07, 6.45) is 2.50. The van der Waals surface area contributed by atoms with Gasteiger partial charge in [-0.25, -0.2) is 0 Å². The predicted octanol–water partition coefficient (Wildman–Crippen LogP) is 3.42. The fourth-order valence-corrected chi connectivity index (χ4v) is 2.45. The van der Waals surface area contributed by atoms with Gasteiger partial charge in [-0.3, -0.25) is 0 Å². The Kier molecular flexibility index (Phi) is 3.96. The van der Waals surface area contributed by atoms with Crippen LogP contribution in [0.2, 0.25) is 0 Å². The molecule has 0 unspecified atom stereocenters. The summed E-state index contributed by atoms with van der Waals surface area (Å²) in [5.74, 6) is 1.04. The standard InChI is InChI=1S/C16H25NO/c1-12-7-8-15(14(10-12)16(2,3)4)18-11-13-6-5-9-17-13/h7-8,10,13,17H,5-6,9,11H2,1-4H3/t13-/m0/s1. The molecule has 1 atom stereocenters. The van der Waals surface area contributed by atoms with Gasteiger partial charge in [-0.2, -0.15) is 0 Å². The molecule has 1 aliphatic heterocycles. The molecule has 0 radical (unpaired) electrons. The van der Waals surface area contributed by atoms with Crippen molar-refractivity contribution in [2.75, 3.05) is 13.2 Å². The van der Waals surface area contributed by atoms with E-state index < -0.39 is 0 Å². The monoisotopic (exact) mass is 247 g/mol. The lowest BCUT2D eigenvalue weighted by Crippen LogP contribution is -2.28. The molecule has 0 amide bonds. The van der Waals surface area contributed by atoms with Crippen LogP contribution in [0.1, 0.15) is 44.7 Å². The third-order valence-electron chi connectivity index (χ3n) is 3.55. The first-order valence-electron chi connectivity index (χ1n) is 6.94. The maximum absolute atomic E-state index is 6.04. The summed E-state index contributed by atoms with van der Waals surface area (Å²) in [7, 11) is 0. The second-order valence-corrected chi connectivity index (χ2v) is 6.35. The van der Waals surface area contributed by atoms with E-state index in [2.05, 4.69) is 51.2 Å². The Bertz CT molecular complexity index is 400. The van der Waals surface area contributed by atoms with Gasteiger partial charge in [0.2, 0.25) is 0 Å². The fraction of sp³-hybridized carbons (Fsp3) is 0.625. The van der Waals surface area contributed by atoms with Gasteiger partial charge in [0.15, 0.2) is 0 Å². The van der Waals surface area contributed by atoms with E-state index >= 15 is 0 Å². The SMILES string of the molecule is Cc1ccc(OC[C@@H]2CCCN2)c(C(C)(C)C)c1. The smallest absolute Gasteiger partial charge is 0.123 e. The Morgan fingerprint density at radius 1 is 1.33 bits per heavy atom. The summed E-state index contributed by atoms with van der Waals surface area (Å²) in [5.41, 5.74) is 2.73. The molecule has 1 fully saturated rings. The zero-order valence-corrected chi connectivity index (χ0v) is 12.0. The van der Waals surface area contributed by atoms with Gasteiger partial charge < -0.3 is 10.1 Å². The number of hydrogen-bond donors (Lipinski definition) is 1. The van der Waals surface area contributed by atoms with E-state index in [1.54, 1.807) is 0 Å². The van der Waals surface area contributed by atoms with Gasteiger partial charge >= 0.3 is 0 Å². The van der Waals surface area contributed by atoms with Crippen molar-refractivity contribution in [1.82, 2.24) is 5.32 Å².